The van der Waals surface area contributed by atoms with E-state index < -0.39 is 6.16 Å². The zero-order valence-electron chi connectivity index (χ0n) is 22.4. The van der Waals surface area contributed by atoms with Crippen molar-refractivity contribution in [2.45, 2.75) is 104 Å². The lowest BCUT2D eigenvalue weighted by Gasteiger charge is -2.63. The van der Waals surface area contributed by atoms with Gasteiger partial charge in [-0.05, 0) is 97.7 Å². The lowest BCUT2D eigenvalue weighted by atomic mass is 9.43. The number of ether oxygens (including phenoxy) is 4. The molecule has 0 saturated heterocycles. The highest BCUT2D eigenvalue weighted by atomic mass is 17.0. The van der Waals surface area contributed by atoms with Crippen LogP contribution in [0.3, 0.4) is 0 Å². The lowest BCUT2D eigenvalue weighted by Crippen LogP contribution is -2.61. The Morgan fingerprint density at radius 1 is 1.00 bits per heavy atom. The molecule has 4 aliphatic rings. The second kappa shape index (κ2) is 9.99. The molecule has 4 rings (SSSR count). The summed E-state index contributed by atoms with van der Waals surface area (Å²) in [6.07, 6.45) is 11.4. The Labute approximate surface area is 207 Å². The van der Waals surface area contributed by atoms with Crippen molar-refractivity contribution in [3.63, 3.8) is 0 Å². The van der Waals surface area contributed by atoms with Crippen molar-refractivity contribution in [2.75, 3.05) is 21.3 Å². The van der Waals surface area contributed by atoms with Crippen LogP contribution in [0.15, 0.2) is 0 Å². The minimum absolute atomic E-state index is 0.0148. The molecule has 6 nitrogen and oxygen atoms in total. The molecule has 196 valence electrons. The lowest BCUT2D eigenvalue weighted by molar-refractivity contribution is -0.498. The molecule has 0 radical (unpaired) electrons. The number of methoxy groups -OCH3 is 3. The zero-order valence-corrected chi connectivity index (χ0v) is 22.4. The second-order valence-corrected chi connectivity index (χ2v) is 12.5. The van der Waals surface area contributed by atoms with Crippen molar-refractivity contribution in [3.05, 3.63) is 0 Å². The van der Waals surface area contributed by atoms with Crippen molar-refractivity contribution >= 4 is 5.91 Å². The molecule has 6 heteroatoms. The fourth-order valence-corrected chi connectivity index (χ4v) is 9.62. The first-order valence-electron chi connectivity index (χ1n) is 13.8. The molecule has 0 spiro atoms. The topological polar surface area (TPSA) is 80.0 Å². The summed E-state index contributed by atoms with van der Waals surface area (Å²) in [5.74, 6) is 3.49. The molecule has 1 amide bonds. The van der Waals surface area contributed by atoms with E-state index in [0.717, 1.165) is 18.8 Å². The summed E-state index contributed by atoms with van der Waals surface area (Å²) in [6, 6.07) is 0. The van der Waals surface area contributed by atoms with Crippen LogP contribution in [0.25, 0.3) is 0 Å². The first kappa shape index (κ1) is 26.4. The van der Waals surface area contributed by atoms with Gasteiger partial charge in [-0.2, -0.15) is 0 Å². The second-order valence-electron chi connectivity index (χ2n) is 12.5. The van der Waals surface area contributed by atoms with Gasteiger partial charge in [0.15, 0.2) is 0 Å². The van der Waals surface area contributed by atoms with Gasteiger partial charge >= 0.3 is 6.16 Å². The zero-order chi connectivity index (χ0) is 24.7. The summed E-state index contributed by atoms with van der Waals surface area (Å²) in [6.45, 7) is 7.39. The Morgan fingerprint density at radius 3 is 2.35 bits per heavy atom. The van der Waals surface area contributed by atoms with E-state index in [0.29, 0.717) is 41.4 Å². The van der Waals surface area contributed by atoms with Crippen LogP contribution >= 0.6 is 0 Å². The standard InChI is InChI=1S/C28H49NO5/c1-18(10-15-24(29)30)21-13-14-22-20-12-11-19-9-7-8-16-26(19,2)25(20)23(17-27(21,22)3)34-28(31-4,32-5)33-6/h18-23,25H,7-17H2,1-6H3,(H2,29,30)/t18-,19+,20+,21-,22+,23+,25-,26+,27-/m1/s1. The third kappa shape index (κ3) is 4.35. The van der Waals surface area contributed by atoms with Gasteiger partial charge in [-0.3, -0.25) is 9.53 Å². The summed E-state index contributed by atoms with van der Waals surface area (Å²) < 4.78 is 23.7. The molecule has 0 unspecified atom stereocenters. The highest BCUT2D eigenvalue weighted by molar-refractivity contribution is 5.73. The molecule has 0 aromatic heterocycles. The van der Waals surface area contributed by atoms with Crippen LogP contribution in [0.1, 0.15) is 91.4 Å². The number of rotatable bonds is 9. The monoisotopic (exact) mass is 479 g/mol. The normalized spacial score (nSPS) is 43.0. The minimum atomic E-state index is -1.47. The fourth-order valence-electron chi connectivity index (χ4n) is 9.62. The highest BCUT2D eigenvalue weighted by Gasteiger charge is 2.64. The molecule has 4 saturated carbocycles. The molecule has 34 heavy (non-hydrogen) atoms. The Balaban J connectivity index is 1.69. The molecule has 0 heterocycles. The number of hydrogen-bond acceptors (Lipinski definition) is 5. The van der Waals surface area contributed by atoms with Crippen LogP contribution in [0, 0.1) is 46.3 Å². The first-order chi connectivity index (χ1) is 16.1. The smallest absolute Gasteiger partial charge is 0.370 e. The van der Waals surface area contributed by atoms with Crippen LogP contribution in [-0.2, 0) is 23.7 Å². The number of hydrogen-bond donors (Lipinski definition) is 1. The van der Waals surface area contributed by atoms with Gasteiger partial charge in [0.2, 0.25) is 5.91 Å². The van der Waals surface area contributed by atoms with Gasteiger partial charge in [0, 0.05) is 27.8 Å². The Hall–Kier alpha value is -0.690. The summed E-state index contributed by atoms with van der Waals surface area (Å²) in [7, 11) is 4.77. The quantitative estimate of drug-likeness (QED) is 0.443. The van der Waals surface area contributed by atoms with Gasteiger partial charge in [-0.25, -0.2) is 0 Å². The third-order valence-corrected chi connectivity index (χ3v) is 11.1. The largest absolute Gasteiger partial charge is 0.412 e. The van der Waals surface area contributed by atoms with Gasteiger partial charge in [0.1, 0.15) is 0 Å². The van der Waals surface area contributed by atoms with E-state index >= 15 is 0 Å². The van der Waals surface area contributed by atoms with Gasteiger partial charge in [-0.1, -0.05) is 33.6 Å². The summed E-state index contributed by atoms with van der Waals surface area (Å²) in [4.78, 5) is 11.5. The van der Waals surface area contributed by atoms with E-state index in [1.54, 1.807) is 21.3 Å². The number of carbonyl (C=O) groups excluding carboxylic acids is 1. The molecule has 0 aromatic rings. The number of carbonyl (C=O) groups is 1. The number of amides is 1. The van der Waals surface area contributed by atoms with Gasteiger partial charge < -0.3 is 19.9 Å². The molecule has 9 atom stereocenters. The van der Waals surface area contributed by atoms with Crippen LogP contribution in [0.2, 0.25) is 0 Å². The van der Waals surface area contributed by atoms with Crippen molar-refractivity contribution in [2.24, 2.45) is 52.1 Å². The highest BCUT2D eigenvalue weighted by Crippen LogP contribution is 2.69. The number of fused-ring (bicyclic) bond motifs is 5. The van der Waals surface area contributed by atoms with Crippen LogP contribution < -0.4 is 5.73 Å². The van der Waals surface area contributed by atoms with Crippen LogP contribution in [-0.4, -0.2) is 39.5 Å². The third-order valence-electron chi connectivity index (χ3n) is 11.1. The average molecular weight is 480 g/mol. The average Bonchev–Trinajstić information content (AvgIpc) is 3.17. The van der Waals surface area contributed by atoms with Gasteiger partial charge in [-0.15, -0.1) is 0 Å². The molecule has 0 bridgehead atoms. The molecule has 4 fully saturated rings. The van der Waals surface area contributed by atoms with Crippen LogP contribution in [0.4, 0.5) is 0 Å². The fraction of sp³-hybridized carbons (Fsp3) is 0.964. The van der Waals surface area contributed by atoms with Crippen molar-refractivity contribution in [1.29, 1.82) is 0 Å². The van der Waals surface area contributed by atoms with Gasteiger partial charge in [0.25, 0.3) is 0 Å². The summed E-state index contributed by atoms with van der Waals surface area (Å²) in [5, 5.41) is 0. The van der Waals surface area contributed by atoms with Crippen molar-refractivity contribution in [3.8, 4) is 0 Å². The van der Waals surface area contributed by atoms with E-state index in [9.17, 15) is 4.79 Å². The Bertz CT molecular complexity index is 717. The first-order valence-corrected chi connectivity index (χ1v) is 13.8. The molecule has 0 aromatic carbocycles. The SMILES string of the molecule is COC(OC)(OC)O[C@H]1C[C@]2(C)[C@@H]([C@H](C)CCC(N)=O)CC[C@H]2[C@@H]2CC[C@@H]3CCCC[C@]3(C)[C@H]21. The van der Waals surface area contributed by atoms with Crippen LogP contribution in [0.5, 0.6) is 0 Å². The molecular formula is C28H49NO5. The van der Waals surface area contributed by atoms with E-state index in [2.05, 4.69) is 20.8 Å². The number of nitrogens with two attached hydrogens (primary N) is 1. The number of primary amides is 1. The van der Waals surface area contributed by atoms with E-state index in [1.165, 1.54) is 51.4 Å². The molecular weight excluding hydrogens is 430 g/mol. The van der Waals surface area contributed by atoms with E-state index in [4.69, 9.17) is 24.7 Å². The van der Waals surface area contributed by atoms with Gasteiger partial charge in [0.05, 0.1) is 6.10 Å². The maximum atomic E-state index is 11.5. The molecule has 0 aliphatic heterocycles. The predicted octanol–water partition coefficient (Wildman–Crippen LogP) is 5.48. The van der Waals surface area contributed by atoms with E-state index in [1.807, 2.05) is 0 Å². The minimum Gasteiger partial charge on any atom is -0.370 e. The molecule has 2 N–H and O–H groups in total. The summed E-state index contributed by atoms with van der Waals surface area (Å²) in [5.41, 5.74) is 5.97. The van der Waals surface area contributed by atoms with Crippen molar-refractivity contribution in [1.82, 2.24) is 0 Å². The van der Waals surface area contributed by atoms with E-state index in [-0.39, 0.29) is 17.4 Å². The summed E-state index contributed by atoms with van der Waals surface area (Å²) >= 11 is 0. The molecule has 4 aliphatic carbocycles. The predicted molar refractivity (Wildman–Crippen MR) is 131 cm³/mol. The van der Waals surface area contributed by atoms with Crippen molar-refractivity contribution < 1.29 is 23.7 Å². The Kier molecular flexibility index (Phi) is 7.75. The maximum Gasteiger partial charge on any atom is 0.412 e. The Morgan fingerprint density at radius 2 is 1.71 bits per heavy atom. The maximum absolute atomic E-state index is 11.5.